The number of carbonyl (C=O) groups is 2. The average molecular weight is 313 g/mol. The van der Waals surface area contributed by atoms with E-state index in [0.29, 0.717) is 23.6 Å². The first kappa shape index (κ1) is 16.5. The summed E-state index contributed by atoms with van der Waals surface area (Å²) < 4.78 is 4.95. The second kappa shape index (κ2) is 7.40. The van der Waals surface area contributed by atoms with Gasteiger partial charge in [-0.3, -0.25) is 9.78 Å². The Balaban J connectivity index is 2.16. The molecule has 0 atom stereocenters. The SMILES string of the molecule is CCOC(=O)c1cccc(NC(=O)c2cc(N(C)C)ccn2)c1. The first-order valence-corrected chi connectivity index (χ1v) is 7.23. The summed E-state index contributed by atoms with van der Waals surface area (Å²) in [6.45, 7) is 2.05. The van der Waals surface area contributed by atoms with Crippen molar-refractivity contribution in [1.29, 1.82) is 0 Å². The van der Waals surface area contributed by atoms with Crippen LogP contribution in [0.1, 0.15) is 27.8 Å². The van der Waals surface area contributed by atoms with Crippen LogP contribution in [0, 0.1) is 0 Å². The first-order chi connectivity index (χ1) is 11.0. The van der Waals surface area contributed by atoms with Gasteiger partial charge in [-0.2, -0.15) is 0 Å². The van der Waals surface area contributed by atoms with Crippen LogP contribution in [0.25, 0.3) is 0 Å². The van der Waals surface area contributed by atoms with Crippen LogP contribution >= 0.6 is 0 Å². The lowest BCUT2D eigenvalue weighted by Crippen LogP contribution is -2.16. The molecule has 0 aliphatic carbocycles. The lowest BCUT2D eigenvalue weighted by molar-refractivity contribution is 0.0526. The maximum Gasteiger partial charge on any atom is 0.338 e. The molecule has 1 heterocycles. The summed E-state index contributed by atoms with van der Waals surface area (Å²) in [6, 6.07) is 10.1. The van der Waals surface area contributed by atoms with Crippen LogP contribution < -0.4 is 10.2 Å². The fourth-order valence-corrected chi connectivity index (χ4v) is 1.96. The maximum atomic E-state index is 12.3. The molecule has 2 rings (SSSR count). The number of nitrogens with zero attached hydrogens (tertiary/aromatic N) is 2. The maximum absolute atomic E-state index is 12.3. The summed E-state index contributed by atoms with van der Waals surface area (Å²) in [5.41, 5.74) is 2.08. The third-order valence-electron chi connectivity index (χ3n) is 3.12. The Hall–Kier alpha value is -2.89. The van der Waals surface area contributed by atoms with Gasteiger partial charge < -0.3 is 15.0 Å². The Morgan fingerprint density at radius 3 is 2.70 bits per heavy atom. The molecular formula is C17H19N3O3. The molecule has 1 amide bonds. The smallest absolute Gasteiger partial charge is 0.338 e. The highest BCUT2D eigenvalue weighted by Gasteiger charge is 2.11. The molecule has 0 aliphatic rings. The van der Waals surface area contributed by atoms with Crippen molar-refractivity contribution >= 4 is 23.3 Å². The van der Waals surface area contributed by atoms with E-state index < -0.39 is 5.97 Å². The standard InChI is InChI=1S/C17H19N3O3/c1-4-23-17(22)12-6-5-7-13(10-12)19-16(21)15-11-14(20(2)3)8-9-18-15/h5-11H,4H2,1-3H3,(H,19,21). The fourth-order valence-electron chi connectivity index (χ4n) is 1.96. The number of rotatable bonds is 5. The van der Waals surface area contributed by atoms with Crippen molar-refractivity contribution in [1.82, 2.24) is 4.98 Å². The number of ether oxygens (including phenoxy) is 1. The molecule has 0 fully saturated rings. The first-order valence-electron chi connectivity index (χ1n) is 7.23. The van der Waals surface area contributed by atoms with Crippen molar-refractivity contribution < 1.29 is 14.3 Å². The van der Waals surface area contributed by atoms with Gasteiger partial charge in [-0.15, -0.1) is 0 Å². The fraction of sp³-hybridized carbons (Fsp3) is 0.235. The molecule has 6 nitrogen and oxygen atoms in total. The quantitative estimate of drug-likeness (QED) is 0.859. The van der Waals surface area contributed by atoms with Crippen molar-refractivity contribution in [3.05, 3.63) is 53.9 Å². The molecule has 1 aromatic heterocycles. The van der Waals surface area contributed by atoms with Gasteiger partial charge in [-0.05, 0) is 37.3 Å². The number of nitrogens with one attached hydrogen (secondary N) is 1. The van der Waals surface area contributed by atoms with Gasteiger partial charge in [0.15, 0.2) is 0 Å². The monoisotopic (exact) mass is 313 g/mol. The van der Waals surface area contributed by atoms with Crippen LogP contribution in [-0.4, -0.2) is 37.6 Å². The molecule has 6 heteroatoms. The molecule has 0 aliphatic heterocycles. The lowest BCUT2D eigenvalue weighted by Gasteiger charge is -2.13. The number of carbonyl (C=O) groups excluding carboxylic acids is 2. The van der Waals surface area contributed by atoms with E-state index >= 15 is 0 Å². The van der Waals surface area contributed by atoms with Gasteiger partial charge in [0.25, 0.3) is 5.91 Å². The number of hydrogen-bond donors (Lipinski definition) is 1. The van der Waals surface area contributed by atoms with E-state index in [4.69, 9.17) is 4.74 Å². The van der Waals surface area contributed by atoms with Gasteiger partial charge in [-0.1, -0.05) is 6.07 Å². The Bertz CT molecular complexity index is 714. The Kier molecular flexibility index (Phi) is 5.30. The van der Waals surface area contributed by atoms with Crippen molar-refractivity contribution in [3.8, 4) is 0 Å². The Labute approximate surface area is 135 Å². The van der Waals surface area contributed by atoms with Gasteiger partial charge >= 0.3 is 5.97 Å². The third-order valence-corrected chi connectivity index (χ3v) is 3.12. The molecule has 0 spiro atoms. The van der Waals surface area contributed by atoms with E-state index in [1.165, 1.54) is 0 Å². The number of pyridine rings is 1. The van der Waals surface area contributed by atoms with E-state index in [-0.39, 0.29) is 5.91 Å². The van der Waals surface area contributed by atoms with Gasteiger partial charge in [0, 0.05) is 31.7 Å². The predicted molar refractivity (Wildman–Crippen MR) is 88.9 cm³/mol. The highest BCUT2D eigenvalue weighted by atomic mass is 16.5. The van der Waals surface area contributed by atoms with E-state index in [9.17, 15) is 9.59 Å². The van der Waals surface area contributed by atoms with E-state index in [2.05, 4.69) is 10.3 Å². The molecular weight excluding hydrogens is 294 g/mol. The lowest BCUT2D eigenvalue weighted by atomic mass is 10.2. The number of amides is 1. The highest BCUT2D eigenvalue weighted by molar-refractivity contribution is 6.04. The van der Waals surface area contributed by atoms with Gasteiger partial charge in [-0.25, -0.2) is 4.79 Å². The van der Waals surface area contributed by atoms with Crippen LogP contribution in [0.2, 0.25) is 0 Å². The van der Waals surface area contributed by atoms with E-state index in [0.717, 1.165) is 5.69 Å². The van der Waals surface area contributed by atoms with Crippen LogP contribution in [0.15, 0.2) is 42.6 Å². The van der Waals surface area contributed by atoms with Crippen LogP contribution in [0.4, 0.5) is 11.4 Å². The van der Waals surface area contributed by atoms with Crippen molar-refractivity contribution in [2.24, 2.45) is 0 Å². The Morgan fingerprint density at radius 2 is 2.00 bits per heavy atom. The second-order valence-corrected chi connectivity index (χ2v) is 5.05. The molecule has 0 unspecified atom stereocenters. The molecule has 0 bridgehead atoms. The summed E-state index contributed by atoms with van der Waals surface area (Å²) in [5.74, 6) is -0.758. The zero-order valence-corrected chi connectivity index (χ0v) is 13.4. The molecule has 1 aromatic carbocycles. The van der Waals surface area contributed by atoms with E-state index in [1.807, 2.05) is 25.1 Å². The minimum Gasteiger partial charge on any atom is -0.462 e. The molecule has 23 heavy (non-hydrogen) atoms. The molecule has 0 radical (unpaired) electrons. The minimum absolute atomic E-state index is 0.302. The molecule has 0 saturated heterocycles. The minimum atomic E-state index is -0.420. The predicted octanol–water partition coefficient (Wildman–Crippen LogP) is 2.58. The summed E-state index contributed by atoms with van der Waals surface area (Å²) in [6.07, 6.45) is 1.58. The number of esters is 1. The summed E-state index contributed by atoms with van der Waals surface area (Å²) in [5, 5.41) is 2.73. The average Bonchev–Trinajstić information content (AvgIpc) is 2.55. The van der Waals surface area contributed by atoms with Crippen LogP contribution in [0.5, 0.6) is 0 Å². The Morgan fingerprint density at radius 1 is 1.22 bits per heavy atom. The normalized spacial score (nSPS) is 10.0. The number of aromatic nitrogens is 1. The van der Waals surface area contributed by atoms with Gasteiger partial charge in [0.05, 0.1) is 12.2 Å². The van der Waals surface area contributed by atoms with Crippen LogP contribution in [-0.2, 0) is 4.74 Å². The summed E-state index contributed by atoms with van der Waals surface area (Å²) >= 11 is 0. The number of anilines is 2. The zero-order valence-electron chi connectivity index (χ0n) is 13.4. The topological polar surface area (TPSA) is 71.5 Å². The third kappa shape index (κ3) is 4.29. The van der Waals surface area contributed by atoms with Crippen molar-refractivity contribution in [2.75, 3.05) is 30.9 Å². The molecule has 1 N–H and O–H groups in total. The molecule has 2 aromatic rings. The number of hydrogen-bond acceptors (Lipinski definition) is 5. The summed E-state index contributed by atoms with van der Waals surface area (Å²) in [4.78, 5) is 30.0. The van der Waals surface area contributed by atoms with Gasteiger partial charge in [0.1, 0.15) is 5.69 Å². The van der Waals surface area contributed by atoms with Crippen molar-refractivity contribution in [2.45, 2.75) is 6.92 Å². The van der Waals surface area contributed by atoms with Crippen LogP contribution in [0.3, 0.4) is 0 Å². The van der Waals surface area contributed by atoms with Gasteiger partial charge in [0.2, 0.25) is 0 Å². The molecule has 120 valence electrons. The van der Waals surface area contributed by atoms with Crippen molar-refractivity contribution in [3.63, 3.8) is 0 Å². The zero-order chi connectivity index (χ0) is 16.8. The van der Waals surface area contributed by atoms with E-state index in [1.54, 1.807) is 43.5 Å². The largest absolute Gasteiger partial charge is 0.462 e. The summed E-state index contributed by atoms with van der Waals surface area (Å²) in [7, 11) is 3.78. The molecule has 0 saturated carbocycles. The number of benzene rings is 1. The highest BCUT2D eigenvalue weighted by Crippen LogP contribution is 2.15. The second-order valence-electron chi connectivity index (χ2n) is 5.05.